The maximum Gasteiger partial charge on any atom is 0.251 e. The van der Waals surface area contributed by atoms with Crippen molar-refractivity contribution < 1.29 is 19.4 Å². The summed E-state index contributed by atoms with van der Waals surface area (Å²) in [6.45, 7) is 2.29. The molecular formula is C20H22N2O4. The van der Waals surface area contributed by atoms with E-state index in [0.717, 1.165) is 11.1 Å². The maximum absolute atomic E-state index is 12.2. The van der Waals surface area contributed by atoms with Gasteiger partial charge in [0.25, 0.3) is 5.91 Å². The summed E-state index contributed by atoms with van der Waals surface area (Å²) >= 11 is 0. The predicted molar refractivity (Wildman–Crippen MR) is 97.0 cm³/mol. The van der Waals surface area contributed by atoms with Gasteiger partial charge in [-0.1, -0.05) is 24.3 Å². The Morgan fingerprint density at radius 2 is 1.88 bits per heavy atom. The molecule has 2 aromatic carbocycles. The van der Waals surface area contributed by atoms with Crippen molar-refractivity contribution in [3.05, 3.63) is 65.2 Å². The molecule has 6 nitrogen and oxygen atoms in total. The van der Waals surface area contributed by atoms with E-state index in [2.05, 4.69) is 10.6 Å². The summed E-state index contributed by atoms with van der Waals surface area (Å²) in [6, 6.07) is 13.9. The quantitative estimate of drug-likeness (QED) is 0.735. The predicted octanol–water partition coefficient (Wildman–Crippen LogP) is 1.59. The number of benzene rings is 2. The number of hydrogen-bond acceptors (Lipinski definition) is 4. The normalized spacial score (nSPS) is 18.1. The molecule has 2 amide bonds. The minimum Gasteiger partial charge on any atom is -0.494 e. The van der Waals surface area contributed by atoms with Crippen LogP contribution in [0.4, 0.5) is 0 Å². The summed E-state index contributed by atoms with van der Waals surface area (Å²) in [4.78, 5) is 24.3. The second-order valence-corrected chi connectivity index (χ2v) is 6.16. The van der Waals surface area contributed by atoms with E-state index >= 15 is 0 Å². The van der Waals surface area contributed by atoms with Crippen LogP contribution in [0.2, 0.25) is 0 Å². The van der Waals surface area contributed by atoms with Crippen molar-refractivity contribution in [2.45, 2.75) is 25.5 Å². The number of carbonyl (C=O) groups excluding carboxylic acids is 2. The van der Waals surface area contributed by atoms with Gasteiger partial charge in [0.2, 0.25) is 5.91 Å². The Kier molecular flexibility index (Phi) is 5.53. The lowest BCUT2D eigenvalue weighted by molar-refractivity contribution is -0.121. The molecule has 0 saturated carbocycles. The van der Waals surface area contributed by atoms with Gasteiger partial charge in [0.15, 0.2) is 0 Å². The number of rotatable bonds is 6. The minimum atomic E-state index is -0.654. The maximum atomic E-state index is 12.2. The van der Waals surface area contributed by atoms with E-state index in [1.54, 1.807) is 24.3 Å². The SMILES string of the molecule is CCOc1ccc(C(=O)NCC(=O)NC2c3ccccc3CC2O)cc1. The number of aliphatic hydroxyl groups excluding tert-OH is 1. The van der Waals surface area contributed by atoms with Crippen LogP contribution >= 0.6 is 0 Å². The fourth-order valence-electron chi connectivity index (χ4n) is 3.10. The highest BCUT2D eigenvalue weighted by atomic mass is 16.5. The van der Waals surface area contributed by atoms with Crippen molar-refractivity contribution in [3.8, 4) is 5.75 Å². The zero-order chi connectivity index (χ0) is 18.5. The molecule has 0 bridgehead atoms. The lowest BCUT2D eigenvalue weighted by Gasteiger charge is -2.18. The Morgan fingerprint density at radius 3 is 2.62 bits per heavy atom. The molecule has 3 N–H and O–H groups in total. The molecule has 1 aliphatic carbocycles. The monoisotopic (exact) mass is 354 g/mol. The van der Waals surface area contributed by atoms with Crippen molar-refractivity contribution >= 4 is 11.8 Å². The van der Waals surface area contributed by atoms with E-state index in [0.29, 0.717) is 24.3 Å². The Hall–Kier alpha value is -2.86. The lowest BCUT2D eigenvalue weighted by atomic mass is 10.1. The molecule has 3 rings (SSSR count). The molecule has 0 saturated heterocycles. The van der Waals surface area contributed by atoms with Crippen LogP contribution in [0, 0.1) is 0 Å². The van der Waals surface area contributed by atoms with Crippen molar-refractivity contribution in [2.24, 2.45) is 0 Å². The molecule has 2 unspecified atom stereocenters. The number of nitrogens with one attached hydrogen (secondary N) is 2. The number of amides is 2. The van der Waals surface area contributed by atoms with Gasteiger partial charge in [-0.2, -0.15) is 0 Å². The Bertz CT molecular complexity index is 789. The highest BCUT2D eigenvalue weighted by Crippen LogP contribution is 2.30. The van der Waals surface area contributed by atoms with Crippen molar-refractivity contribution in [1.82, 2.24) is 10.6 Å². The first-order valence-electron chi connectivity index (χ1n) is 8.64. The van der Waals surface area contributed by atoms with Gasteiger partial charge in [0, 0.05) is 12.0 Å². The third kappa shape index (κ3) is 4.03. The van der Waals surface area contributed by atoms with Gasteiger partial charge in [-0.3, -0.25) is 9.59 Å². The van der Waals surface area contributed by atoms with Crippen LogP contribution in [0.5, 0.6) is 5.75 Å². The van der Waals surface area contributed by atoms with Gasteiger partial charge < -0.3 is 20.5 Å². The van der Waals surface area contributed by atoms with E-state index < -0.39 is 12.1 Å². The van der Waals surface area contributed by atoms with E-state index in [9.17, 15) is 14.7 Å². The molecule has 0 aliphatic heterocycles. The molecule has 0 heterocycles. The molecule has 2 aromatic rings. The minimum absolute atomic E-state index is 0.155. The van der Waals surface area contributed by atoms with Gasteiger partial charge >= 0.3 is 0 Å². The van der Waals surface area contributed by atoms with Crippen molar-refractivity contribution in [3.63, 3.8) is 0 Å². The molecule has 0 fully saturated rings. The van der Waals surface area contributed by atoms with Crippen LogP contribution in [0.25, 0.3) is 0 Å². The fraction of sp³-hybridized carbons (Fsp3) is 0.300. The van der Waals surface area contributed by atoms with Crippen molar-refractivity contribution in [1.29, 1.82) is 0 Å². The Balaban J connectivity index is 1.53. The Labute approximate surface area is 152 Å². The first-order valence-corrected chi connectivity index (χ1v) is 8.64. The van der Waals surface area contributed by atoms with Crippen LogP contribution in [0.3, 0.4) is 0 Å². The van der Waals surface area contributed by atoms with Crippen LogP contribution in [0.15, 0.2) is 48.5 Å². The summed E-state index contributed by atoms with van der Waals surface area (Å²) in [6.07, 6.45) is -0.141. The largest absolute Gasteiger partial charge is 0.494 e. The first kappa shape index (κ1) is 17.9. The number of fused-ring (bicyclic) bond motifs is 1. The average molecular weight is 354 g/mol. The Morgan fingerprint density at radius 1 is 1.15 bits per heavy atom. The highest BCUT2D eigenvalue weighted by molar-refractivity contribution is 5.96. The standard InChI is InChI=1S/C20H22N2O4/c1-2-26-15-9-7-13(8-10-15)20(25)21-12-18(24)22-19-16-6-4-3-5-14(16)11-17(19)23/h3-10,17,19,23H,2,11-12H2,1H3,(H,21,25)(H,22,24). The third-order valence-electron chi connectivity index (χ3n) is 4.36. The van der Waals surface area contributed by atoms with E-state index in [-0.39, 0.29) is 18.4 Å². The zero-order valence-electron chi connectivity index (χ0n) is 14.6. The van der Waals surface area contributed by atoms with E-state index in [1.807, 2.05) is 31.2 Å². The summed E-state index contributed by atoms with van der Waals surface area (Å²) in [5.41, 5.74) is 2.41. The number of hydrogen-bond donors (Lipinski definition) is 3. The van der Waals surface area contributed by atoms with E-state index in [4.69, 9.17) is 4.74 Å². The topological polar surface area (TPSA) is 87.7 Å². The molecule has 6 heteroatoms. The zero-order valence-corrected chi connectivity index (χ0v) is 14.6. The molecule has 136 valence electrons. The highest BCUT2D eigenvalue weighted by Gasteiger charge is 2.31. The first-order chi connectivity index (χ1) is 12.6. The summed E-state index contributed by atoms with van der Waals surface area (Å²) < 4.78 is 5.33. The van der Waals surface area contributed by atoms with Gasteiger partial charge in [-0.05, 0) is 42.3 Å². The summed E-state index contributed by atoms with van der Waals surface area (Å²) in [5.74, 6) is 0.0105. The second-order valence-electron chi connectivity index (χ2n) is 6.16. The summed E-state index contributed by atoms with van der Waals surface area (Å²) in [7, 11) is 0. The molecular weight excluding hydrogens is 332 g/mol. The summed E-state index contributed by atoms with van der Waals surface area (Å²) in [5, 5.41) is 15.6. The molecule has 0 aromatic heterocycles. The van der Waals surface area contributed by atoms with E-state index in [1.165, 1.54) is 0 Å². The van der Waals surface area contributed by atoms with Crippen LogP contribution in [-0.4, -0.2) is 36.2 Å². The van der Waals surface area contributed by atoms with Crippen molar-refractivity contribution in [2.75, 3.05) is 13.2 Å². The number of carbonyl (C=O) groups is 2. The smallest absolute Gasteiger partial charge is 0.251 e. The van der Waals surface area contributed by atoms with Gasteiger partial charge in [-0.25, -0.2) is 0 Å². The van der Waals surface area contributed by atoms with Crippen LogP contribution in [-0.2, 0) is 11.2 Å². The molecule has 0 radical (unpaired) electrons. The lowest BCUT2D eigenvalue weighted by Crippen LogP contribution is -2.41. The number of ether oxygens (including phenoxy) is 1. The second kappa shape index (κ2) is 8.01. The molecule has 0 spiro atoms. The van der Waals surface area contributed by atoms with Gasteiger partial charge in [0.1, 0.15) is 5.75 Å². The van der Waals surface area contributed by atoms with Crippen LogP contribution < -0.4 is 15.4 Å². The molecule has 2 atom stereocenters. The van der Waals surface area contributed by atoms with Crippen LogP contribution in [0.1, 0.15) is 34.5 Å². The third-order valence-corrected chi connectivity index (χ3v) is 4.36. The number of aliphatic hydroxyl groups is 1. The van der Waals surface area contributed by atoms with Gasteiger partial charge in [0.05, 0.1) is 25.3 Å². The average Bonchev–Trinajstić information content (AvgIpc) is 2.96. The fourth-order valence-corrected chi connectivity index (χ4v) is 3.10. The molecule has 26 heavy (non-hydrogen) atoms. The van der Waals surface area contributed by atoms with Gasteiger partial charge in [-0.15, -0.1) is 0 Å². The molecule has 1 aliphatic rings.